The summed E-state index contributed by atoms with van der Waals surface area (Å²) in [5, 5.41) is 9.32. The van der Waals surface area contributed by atoms with Crippen LogP contribution >= 0.6 is 22.6 Å². The molecule has 1 aromatic rings. The van der Waals surface area contributed by atoms with Gasteiger partial charge in [0.05, 0.1) is 17.4 Å². The Bertz CT molecular complexity index is 565. The molecule has 2 atom stereocenters. The minimum Gasteiger partial charge on any atom is -0.481 e. The minimum absolute atomic E-state index is 0.00827. The molecule has 4 nitrogen and oxygen atoms in total. The first-order chi connectivity index (χ1) is 8.87. The number of carboxylic acid groups (broad SMARTS) is 1. The van der Waals surface area contributed by atoms with Gasteiger partial charge in [0.1, 0.15) is 0 Å². The van der Waals surface area contributed by atoms with Gasteiger partial charge in [-0.05, 0) is 59.0 Å². The fraction of sp³-hybridized carbons (Fsp3) is 0.462. The van der Waals surface area contributed by atoms with E-state index in [0.717, 1.165) is 9.13 Å². The van der Waals surface area contributed by atoms with Crippen molar-refractivity contribution in [2.24, 2.45) is 11.8 Å². The Hall–Kier alpha value is -0.630. The van der Waals surface area contributed by atoms with E-state index in [1.54, 1.807) is 0 Å². The molecule has 1 aromatic carbocycles. The first-order valence-corrected chi connectivity index (χ1v) is 8.95. The van der Waals surface area contributed by atoms with Crippen LogP contribution in [0.4, 0.5) is 0 Å². The number of sulfone groups is 1. The molecule has 1 aliphatic heterocycles. The molecular formula is C13H15IO4S. The van der Waals surface area contributed by atoms with Gasteiger partial charge in [0.25, 0.3) is 0 Å². The number of hydrogen-bond acceptors (Lipinski definition) is 3. The van der Waals surface area contributed by atoms with Gasteiger partial charge in [-0.15, -0.1) is 0 Å². The molecule has 0 spiro atoms. The lowest BCUT2D eigenvalue weighted by Gasteiger charge is -2.18. The summed E-state index contributed by atoms with van der Waals surface area (Å²) in [6.45, 7) is 0. The van der Waals surface area contributed by atoms with Gasteiger partial charge in [-0.1, -0.05) is 12.1 Å². The zero-order chi connectivity index (χ0) is 14.0. The summed E-state index contributed by atoms with van der Waals surface area (Å²) in [4.78, 5) is 11.4. The second-order valence-electron chi connectivity index (χ2n) is 4.94. The average molecular weight is 394 g/mol. The van der Waals surface area contributed by atoms with Crippen molar-refractivity contribution >= 4 is 38.4 Å². The molecule has 0 radical (unpaired) electrons. The number of rotatable bonds is 4. The number of halogens is 1. The highest BCUT2D eigenvalue weighted by atomic mass is 127. The third kappa shape index (κ3) is 3.92. The molecular weight excluding hydrogens is 379 g/mol. The van der Waals surface area contributed by atoms with E-state index in [-0.39, 0.29) is 17.4 Å². The molecule has 0 amide bonds. The van der Waals surface area contributed by atoms with Gasteiger partial charge in [0.2, 0.25) is 0 Å². The van der Waals surface area contributed by atoms with Gasteiger partial charge in [-0.25, -0.2) is 8.42 Å². The summed E-state index contributed by atoms with van der Waals surface area (Å²) in [6, 6.07) is 7.67. The van der Waals surface area contributed by atoms with Crippen LogP contribution in [0.25, 0.3) is 0 Å². The molecule has 0 aromatic heterocycles. The van der Waals surface area contributed by atoms with Gasteiger partial charge in [0, 0.05) is 3.57 Å². The first-order valence-electron chi connectivity index (χ1n) is 6.05. The van der Waals surface area contributed by atoms with Crippen LogP contribution < -0.4 is 0 Å². The number of benzene rings is 1. The zero-order valence-electron chi connectivity index (χ0n) is 10.3. The maximum Gasteiger partial charge on any atom is 0.307 e. The van der Waals surface area contributed by atoms with Crippen LogP contribution in [0.1, 0.15) is 12.0 Å². The highest BCUT2D eigenvalue weighted by molar-refractivity contribution is 14.1. The summed E-state index contributed by atoms with van der Waals surface area (Å²) < 4.78 is 24.0. The van der Waals surface area contributed by atoms with Crippen molar-refractivity contribution in [2.75, 3.05) is 11.5 Å². The third-order valence-corrected chi connectivity index (χ3v) is 6.04. The fourth-order valence-corrected chi connectivity index (χ4v) is 4.71. The van der Waals surface area contributed by atoms with Crippen molar-refractivity contribution in [3.63, 3.8) is 0 Å². The quantitative estimate of drug-likeness (QED) is 0.793. The second kappa shape index (κ2) is 5.78. The molecule has 1 fully saturated rings. The first kappa shape index (κ1) is 14.8. The van der Waals surface area contributed by atoms with Gasteiger partial charge >= 0.3 is 5.97 Å². The van der Waals surface area contributed by atoms with E-state index < -0.39 is 21.7 Å². The molecule has 0 bridgehead atoms. The summed E-state index contributed by atoms with van der Waals surface area (Å²) in [6.07, 6.45) is 0.857. The Morgan fingerprint density at radius 1 is 1.37 bits per heavy atom. The average Bonchev–Trinajstić information content (AvgIpc) is 2.68. The number of hydrogen-bond donors (Lipinski definition) is 1. The summed E-state index contributed by atoms with van der Waals surface area (Å²) >= 11 is 2.19. The monoisotopic (exact) mass is 394 g/mol. The van der Waals surface area contributed by atoms with Gasteiger partial charge in [-0.2, -0.15) is 0 Å². The smallest absolute Gasteiger partial charge is 0.307 e. The largest absolute Gasteiger partial charge is 0.481 e. The predicted octanol–water partition coefficient (Wildman–Crippen LogP) is 1.97. The Labute approximate surface area is 126 Å². The molecule has 2 rings (SSSR count). The van der Waals surface area contributed by atoms with Gasteiger partial charge in [-0.3, -0.25) is 4.79 Å². The van der Waals surface area contributed by atoms with E-state index in [1.807, 2.05) is 24.3 Å². The van der Waals surface area contributed by atoms with Crippen LogP contribution in [0.3, 0.4) is 0 Å². The van der Waals surface area contributed by atoms with Crippen molar-refractivity contribution < 1.29 is 18.3 Å². The van der Waals surface area contributed by atoms with Crippen LogP contribution in [0.15, 0.2) is 24.3 Å². The second-order valence-corrected chi connectivity index (χ2v) is 8.41. The van der Waals surface area contributed by atoms with Crippen LogP contribution in [-0.4, -0.2) is 31.0 Å². The van der Waals surface area contributed by atoms with Crippen LogP contribution in [0, 0.1) is 15.4 Å². The number of aliphatic carboxylic acids is 1. The van der Waals surface area contributed by atoms with Crippen LogP contribution in [0.2, 0.25) is 0 Å². The lowest BCUT2D eigenvalue weighted by atomic mass is 9.86. The standard InChI is InChI=1S/C13H15IO4S/c14-11-3-1-9(2-4-11)7-12(13(15)16)10-5-6-19(17,18)8-10/h1-4,10,12H,5-8H2,(H,15,16). The molecule has 0 aliphatic carbocycles. The Morgan fingerprint density at radius 2 is 2.00 bits per heavy atom. The van der Waals surface area contributed by atoms with Crippen LogP contribution in [0.5, 0.6) is 0 Å². The van der Waals surface area contributed by atoms with Crippen molar-refractivity contribution in [1.82, 2.24) is 0 Å². The normalized spacial score (nSPS) is 23.1. The van der Waals surface area contributed by atoms with E-state index in [0.29, 0.717) is 12.8 Å². The van der Waals surface area contributed by atoms with Crippen LogP contribution in [-0.2, 0) is 21.1 Å². The molecule has 6 heteroatoms. The van der Waals surface area contributed by atoms with Crippen molar-refractivity contribution in [2.45, 2.75) is 12.8 Å². The number of carboxylic acids is 1. The molecule has 19 heavy (non-hydrogen) atoms. The molecule has 2 unspecified atom stereocenters. The van der Waals surface area contributed by atoms with Gasteiger partial charge in [0.15, 0.2) is 9.84 Å². The topological polar surface area (TPSA) is 71.4 Å². The maximum atomic E-state index is 11.5. The number of carbonyl (C=O) groups is 1. The molecule has 0 saturated carbocycles. The third-order valence-electron chi connectivity index (χ3n) is 3.52. The molecule has 104 valence electrons. The zero-order valence-corrected chi connectivity index (χ0v) is 13.2. The minimum atomic E-state index is -3.04. The highest BCUT2D eigenvalue weighted by Crippen LogP contribution is 2.29. The van der Waals surface area contributed by atoms with E-state index >= 15 is 0 Å². The molecule has 1 N–H and O–H groups in total. The maximum absolute atomic E-state index is 11.5. The molecule has 1 aliphatic rings. The Balaban J connectivity index is 2.13. The molecule has 1 heterocycles. The summed E-state index contributed by atoms with van der Waals surface area (Å²) in [5.41, 5.74) is 0.942. The van der Waals surface area contributed by atoms with E-state index in [4.69, 9.17) is 0 Å². The lowest BCUT2D eigenvalue weighted by Crippen LogP contribution is -2.26. The van der Waals surface area contributed by atoms with Crippen molar-refractivity contribution in [3.8, 4) is 0 Å². The highest BCUT2D eigenvalue weighted by Gasteiger charge is 2.37. The van der Waals surface area contributed by atoms with Gasteiger partial charge < -0.3 is 5.11 Å². The summed E-state index contributed by atoms with van der Waals surface area (Å²) in [5.74, 6) is -1.65. The Kier molecular flexibility index (Phi) is 4.50. The van der Waals surface area contributed by atoms with E-state index in [9.17, 15) is 18.3 Å². The SMILES string of the molecule is O=C(O)C(Cc1ccc(I)cc1)C1CCS(=O)(=O)C1. The summed E-state index contributed by atoms with van der Waals surface area (Å²) in [7, 11) is -3.04. The lowest BCUT2D eigenvalue weighted by molar-refractivity contribution is -0.143. The predicted molar refractivity (Wildman–Crippen MR) is 80.7 cm³/mol. The van der Waals surface area contributed by atoms with E-state index in [2.05, 4.69) is 22.6 Å². The molecule has 1 saturated heterocycles. The fourth-order valence-electron chi connectivity index (χ4n) is 2.47. The van der Waals surface area contributed by atoms with Crippen molar-refractivity contribution in [3.05, 3.63) is 33.4 Å². The van der Waals surface area contributed by atoms with Crippen molar-refractivity contribution in [1.29, 1.82) is 0 Å². The van der Waals surface area contributed by atoms with E-state index in [1.165, 1.54) is 0 Å². The Morgan fingerprint density at radius 3 is 2.47 bits per heavy atom.